The molecule has 2 aromatic carbocycles. The maximum absolute atomic E-state index is 13.6. The van der Waals surface area contributed by atoms with E-state index in [1.165, 1.54) is 4.90 Å². The summed E-state index contributed by atoms with van der Waals surface area (Å²) in [4.78, 5) is 40.9. The molecular formula is C31H47N3O6Si. The molecule has 0 aliphatic carbocycles. The van der Waals surface area contributed by atoms with Crippen molar-refractivity contribution in [2.45, 2.75) is 96.9 Å². The molecule has 0 aliphatic heterocycles. The van der Waals surface area contributed by atoms with E-state index in [9.17, 15) is 14.4 Å². The molecule has 41 heavy (non-hydrogen) atoms. The zero-order chi connectivity index (χ0) is 30.8. The number of benzene rings is 2. The van der Waals surface area contributed by atoms with Crippen molar-refractivity contribution in [1.29, 1.82) is 0 Å². The van der Waals surface area contributed by atoms with Gasteiger partial charge in [0.25, 0.3) is 0 Å². The van der Waals surface area contributed by atoms with Crippen molar-refractivity contribution in [3.63, 3.8) is 0 Å². The third-order valence-corrected chi connectivity index (χ3v) is 11.6. The number of rotatable bonds is 12. The Morgan fingerprint density at radius 2 is 1.44 bits per heavy atom. The van der Waals surface area contributed by atoms with Gasteiger partial charge in [0.15, 0.2) is 8.32 Å². The Bertz CT molecular complexity index is 1130. The van der Waals surface area contributed by atoms with Crippen LogP contribution in [0.15, 0.2) is 60.7 Å². The lowest BCUT2D eigenvalue weighted by Gasteiger charge is -2.38. The highest BCUT2D eigenvalue weighted by Crippen LogP contribution is 2.36. The van der Waals surface area contributed by atoms with Crippen molar-refractivity contribution in [3.05, 3.63) is 71.8 Å². The molecule has 10 heteroatoms. The molecule has 0 fully saturated rings. The van der Waals surface area contributed by atoms with E-state index >= 15 is 0 Å². The Balaban J connectivity index is 2.42. The third kappa shape index (κ3) is 11.2. The minimum absolute atomic E-state index is 0.00902. The summed E-state index contributed by atoms with van der Waals surface area (Å²) in [6.45, 7) is 16.2. The molecule has 1 unspecified atom stereocenters. The molecule has 0 bridgehead atoms. The second-order valence-electron chi connectivity index (χ2n) is 12.7. The number of hydrogen-bond donors (Lipinski definition) is 2. The van der Waals surface area contributed by atoms with Crippen LogP contribution in [0.4, 0.5) is 9.59 Å². The normalized spacial score (nSPS) is 13.6. The molecule has 0 spiro atoms. The van der Waals surface area contributed by atoms with Crippen molar-refractivity contribution in [2.75, 3.05) is 6.61 Å². The lowest BCUT2D eigenvalue weighted by Crippen LogP contribution is -2.60. The first-order valence-electron chi connectivity index (χ1n) is 13.9. The minimum atomic E-state index is -2.14. The fourth-order valence-corrected chi connectivity index (χ4v) is 4.91. The van der Waals surface area contributed by atoms with Crippen molar-refractivity contribution in [1.82, 2.24) is 10.2 Å². The second kappa shape index (κ2) is 14.5. The molecule has 0 saturated carbocycles. The van der Waals surface area contributed by atoms with Crippen molar-refractivity contribution in [3.8, 4) is 0 Å². The molecule has 0 aliphatic rings. The molecule has 2 atom stereocenters. The number of ether oxygens (including phenoxy) is 2. The Morgan fingerprint density at radius 1 is 0.902 bits per heavy atom. The molecular weight excluding hydrogens is 538 g/mol. The maximum atomic E-state index is 13.6. The number of hydrogen-bond acceptors (Lipinski definition) is 6. The molecule has 0 saturated heterocycles. The Morgan fingerprint density at radius 3 is 1.93 bits per heavy atom. The summed E-state index contributed by atoms with van der Waals surface area (Å²) >= 11 is 0. The number of amides is 3. The molecule has 3 amide bonds. The highest BCUT2D eigenvalue weighted by atomic mass is 28.4. The fraction of sp³-hybridized carbons (Fsp3) is 0.516. The average molecular weight is 586 g/mol. The number of nitrogens with one attached hydrogen (secondary N) is 1. The first-order valence-corrected chi connectivity index (χ1v) is 16.8. The number of carbonyl (C=O) groups is 3. The van der Waals surface area contributed by atoms with Gasteiger partial charge in [-0.3, -0.25) is 9.69 Å². The van der Waals surface area contributed by atoms with Gasteiger partial charge in [-0.1, -0.05) is 81.4 Å². The van der Waals surface area contributed by atoms with Gasteiger partial charge < -0.3 is 25.0 Å². The van der Waals surface area contributed by atoms with Crippen LogP contribution in [0.3, 0.4) is 0 Å². The summed E-state index contributed by atoms with van der Waals surface area (Å²) in [5.41, 5.74) is 6.74. The van der Waals surface area contributed by atoms with Crippen LogP contribution in [0.1, 0.15) is 59.1 Å². The van der Waals surface area contributed by atoms with Crippen LogP contribution < -0.4 is 11.1 Å². The summed E-state index contributed by atoms with van der Waals surface area (Å²) in [5, 5.41) is 2.76. The quantitative estimate of drug-likeness (QED) is 0.296. The summed E-state index contributed by atoms with van der Waals surface area (Å²) in [6.07, 6.45) is -1.24. The topological polar surface area (TPSA) is 120 Å². The standard InChI is InChI=1S/C31H47N3O6Si/c1-30(2,3)40-28(36)33-25(19-20-39-41(7,8)31(4,5)6)26(27(32)35)34(21-23-15-11-9-12-16-23)29(37)38-22-24-17-13-10-14-18-24/h9-18,25-26H,19-22H2,1-8H3,(H2,32,35)(H,33,36)/t25-,26?/m0/s1. The molecule has 0 aromatic heterocycles. The number of nitrogens with two attached hydrogens (primary N) is 1. The van der Waals surface area contributed by atoms with Gasteiger partial charge in [0.2, 0.25) is 5.91 Å². The second-order valence-corrected chi connectivity index (χ2v) is 17.5. The number of primary amides is 1. The fourth-order valence-electron chi connectivity index (χ4n) is 3.85. The highest BCUT2D eigenvalue weighted by molar-refractivity contribution is 6.74. The first-order chi connectivity index (χ1) is 19.0. The maximum Gasteiger partial charge on any atom is 0.411 e. The average Bonchev–Trinajstić information content (AvgIpc) is 2.86. The van der Waals surface area contributed by atoms with E-state index in [1.807, 2.05) is 60.7 Å². The van der Waals surface area contributed by atoms with E-state index in [2.05, 4.69) is 39.2 Å². The minimum Gasteiger partial charge on any atom is -0.445 e. The lowest BCUT2D eigenvalue weighted by molar-refractivity contribution is -0.124. The van der Waals surface area contributed by atoms with E-state index in [-0.39, 0.29) is 31.2 Å². The molecule has 226 valence electrons. The van der Waals surface area contributed by atoms with Crippen LogP contribution in [-0.4, -0.2) is 55.6 Å². The predicted molar refractivity (Wildman–Crippen MR) is 163 cm³/mol. The van der Waals surface area contributed by atoms with Gasteiger partial charge >= 0.3 is 12.2 Å². The van der Waals surface area contributed by atoms with Crippen LogP contribution in [-0.2, 0) is 31.8 Å². The smallest absolute Gasteiger partial charge is 0.411 e. The zero-order valence-electron chi connectivity index (χ0n) is 25.7. The summed E-state index contributed by atoms with van der Waals surface area (Å²) in [7, 11) is -2.14. The van der Waals surface area contributed by atoms with Crippen molar-refractivity contribution in [2.24, 2.45) is 5.73 Å². The van der Waals surface area contributed by atoms with Crippen LogP contribution in [0.2, 0.25) is 18.1 Å². The Labute approximate surface area is 245 Å². The molecule has 2 aromatic rings. The van der Waals surface area contributed by atoms with E-state index in [4.69, 9.17) is 19.6 Å². The molecule has 3 N–H and O–H groups in total. The number of nitrogens with zero attached hydrogens (tertiary/aromatic N) is 1. The van der Waals surface area contributed by atoms with E-state index in [0.29, 0.717) is 0 Å². The van der Waals surface area contributed by atoms with Gasteiger partial charge in [0.05, 0.1) is 6.04 Å². The molecule has 9 nitrogen and oxygen atoms in total. The molecule has 0 radical (unpaired) electrons. The first kappa shape index (κ1) is 33.8. The summed E-state index contributed by atoms with van der Waals surface area (Å²) in [5.74, 6) is -0.786. The zero-order valence-corrected chi connectivity index (χ0v) is 26.7. The monoisotopic (exact) mass is 585 g/mol. The van der Waals surface area contributed by atoms with Crippen LogP contribution >= 0.6 is 0 Å². The largest absolute Gasteiger partial charge is 0.445 e. The third-order valence-electron chi connectivity index (χ3n) is 7.04. The van der Waals surface area contributed by atoms with Gasteiger partial charge in [-0.2, -0.15) is 0 Å². The van der Waals surface area contributed by atoms with E-state index in [1.54, 1.807) is 20.8 Å². The van der Waals surface area contributed by atoms with Crippen molar-refractivity contribution < 1.29 is 28.3 Å². The Kier molecular flexibility index (Phi) is 12.0. The highest BCUT2D eigenvalue weighted by Gasteiger charge is 2.40. The predicted octanol–water partition coefficient (Wildman–Crippen LogP) is 5.98. The SMILES string of the molecule is CC(C)(C)OC(=O)N[C@@H](CCO[Si](C)(C)C(C)(C)C)C(C(N)=O)N(Cc1ccccc1)C(=O)OCc1ccccc1. The van der Waals surface area contributed by atoms with Gasteiger partial charge in [-0.25, -0.2) is 9.59 Å². The van der Waals surface area contributed by atoms with Gasteiger partial charge in [-0.05, 0) is 56.5 Å². The molecule has 0 heterocycles. The Hall–Kier alpha value is -3.37. The lowest BCUT2D eigenvalue weighted by atomic mass is 10.0. The van der Waals surface area contributed by atoms with E-state index in [0.717, 1.165) is 11.1 Å². The summed E-state index contributed by atoms with van der Waals surface area (Å²) < 4.78 is 17.5. The van der Waals surface area contributed by atoms with Crippen LogP contribution in [0, 0.1) is 0 Å². The van der Waals surface area contributed by atoms with Gasteiger partial charge in [0, 0.05) is 13.2 Å². The number of carbonyl (C=O) groups excluding carboxylic acids is 3. The van der Waals surface area contributed by atoms with Gasteiger partial charge in [0.1, 0.15) is 18.2 Å². The van der Waals surface area contributed by atoms with Crippen LogP contribution in [0.5, 0.6) is 0 Å². The van der Waals surface area contributed by atoms with E-state index < -0.39 is 44.1 Å². The van der Waals surface area contributed by atoms with Crippen LogP contribution in [0.25, 0.3) is 0 Å². The van der Waals surface area contributed by atoms with Gasteiger partial charge in [-0.15, -0.1) is 0 Å². The summed E-state index contributed by atoms with van der Waals surface area (Å²) in [6, 6.07) is 16.3. The number of alkyl carbamates (subject to hydrolysis) is 1. The van der Waals surface area contributed by atoms with Crippen molar-refractivity contribution >= 4 is 26.4 Å². The molecule has 2 rings (SSSR count).